The number of nitrogens with one attached hydrogen (secondary N) is 1. The Bertz CT molecular complexity index is 384. The maximum atomic E-state index is 3.82. The highest BCUT2D eigenvalue weighted by Gasteiger charge is 2.24. The first-order valence-corrected chi connectivity index (χ1v) is 8.71. The van der Waals surface area contributed by atoms with Crippen LogP contribution in [0.3, 0.4) is 0 Å². The second-order valence-corrected chi connectivity index (χ2v) is 7.43. The molecule has 0 amide bonds. The van der Waals surface area contributed by atoms with Crippen molar-refractivity contribution in [3.8, 4) is 0 Å². The fourth-order valence-corrected chi connectivity index (χ4v) is 4.70. The molecule has 0 aromatic heterocycles. The average molecular weight is 275 g/mol. The van der Waals surface area contributed by atoms with Crippen molar-refractivity contribution in [2.45, 2.75) is 61.6 Å². The summed E-state index contributed by atoms with van der Waals surface area (Å²) in [6.45, 7) is 3.52. The van der Waals surface area contributed by atoms with E-state index >= 15 is 0 Å². The Morgan fingerprint density at radius 3 is 2.68 bits per heavy atom. The third-order valence-corrected chi connectivity index (χ3v) is 6.09. The summed E-state index contributed by atoms with van der Waals surface area (Å²) in [6.07, 6.45) is 8.28. The monoisotopic (exact) mass is 275 g/mol. The topological polar surface area (TPSA) is 12.0 Å². The van der Waals surface area contributed by atoms with Crippen molar-refractivity contribution in [2.75, 3.05) is 6.54 Å². The molecule has 1 aromatic rings. The van der Waals surface area contributed by atoms with E-state index in [-0.39, 0.29) is 0 Å². The lowest BCUT2D eigenvalue weighted by molar-refractivity contribution is 0.287. The van der Waals surface area contributed by atoms with Gasteiger partial charge in [-0.3, -0.25) is 0 Å². The van der Waals surface area contributed by atoms with Gasteiger partial charge in [-0.2, -0.15) is 0 Å². The molecule has 1 unspecified atom stereocenters. The summed E-state index contributed by atoms with van der Waals surface area (Å²) >= 11 is 2.07. The molecule has 1 aromatic carbocycles. The number of rotatable bonds is 4. The lowest BCUT2D eigenvalue weighted by Crippen LogP contribution is -2.37. The van der Waals surface area contributed by atoms with Gasteiger partial charge in [0.05, 0.1) is 0 Å². The first kappa shape index (κ1) is 13.5. The minimum atomic E-state index is 0.751. The standard InChI is InChI=1S/C17H25NS/c1-2-13-7-9-15(10-8-13)18-12-16-11-14-5-3-4-6-17(14)19-16/h3-6,13,15-16,18H,2,7-12H2,1H3. The van der Waals surface area contributed by atoms with Gasteiger partial charge in [0, 0.05) is 22.7 Å². The molecule has 0 radical (unpaired) electrons. The van der Waals surface area contributed by atoms with E-state index in [4.69, 9.17) is 0 Å². The second-order valence-electron chi connectivity index (χ2n) is 6.09. The van der Waals surface area contributed by atoms with Gasteiger partial charge in [-0.05, 0) is 49.7 Å². The molecule has 1 aliphatic heterocycles. The van der Waals surface area contributed by atoms with E-state index in [1.165, 1.54) is 50.0 Å². The molecular formula is C17H25NS. The van der Waals surface area contributed by atoms with Crippen LogP contribution in [0, 0.1) is 5.92 Å². The third kappa shape index (κ3) is 3.35. The van der Waals surface area contributed by atoms with Gasteiger partial charge in [0.15, 0.2) is 0 Å². The van der Waals surface area contributed by atoms with Crippen LogP contribution in [0.5, 0.6) is 0 Å². The van der Waals surface area contributed by atoms with Crippen LogP contribution in [0.4, 0.5) is 0 Å². The predicted octanol–water partition coefficient (Wildman–Crippen LogP) is 4.26. The zero-order valence-electron chi connectivity index (χ0n) is 11.9. The molecule has 0 bridgehead atoms. The highest BCUT2D eigenvalue weighted by molar-refractivity contribution is 8.00. The Morgan fingerprint density at radius 1 is 1.16 bits per heavy atom. The first-order chi connectivity index (χ1) is 9.35. The Kier molecular flexibility index (Phi) is 4.49. The van der Waals surface area contributed by atoms with E-state index in [0.29, 0.717) is 0 Å². The summed E-state index contributed by atoms with van der Waals surface area (Å²) in [5, 5.41) is 4.57. The number of benzene rings is 1. The van der Waals surface area contributed by atoms with Crippen molar-refractivity contribution in [3.05, 3.63) is 29.8 Å². The van der Waals surface area contributed by atoms with Crippen LogP contribution in [0.2, 0.25) is 0 Å². The smallest absolute Gasteiger partial charge is 0.0260 e. The maximum absolute atomic E-state index is 3.82. The summed E-state index contributed by atoms with van der Waals surface area (Å²) in [6, 6.07) is 9.67. The quantitative estimate of drug-likeness (QED) is 0.881. The van der Waals surface area contributed by atoms with Crippen molar-refractivity contribution in [1.82, 2.24) is 5.32 Å². The van der Waals surface area contributed by atoms with Gasteiger partial charge >= 0.3 is 0 Å². The van der Waals surface area contributed by atoms with E-state index in [1.807, 2.05) is 0 Å². The molecule has 1 atom stereocenters. The van der Waals surface area contributed by atoms with Crippen LogP contribution in [0.25, 0.3) is 0 Å². The number of fused-ring (bicyclic) bond motifs is 1. The highest BCUT2D eigenvalue weighted by atomic mass is 32.2. The minimum Gasteiger partial charge on any atom is -0.313 e. The van der Waals surface area contributed by atoms with Crippen molar-refractivity contribution < 1.29 is 0 Å². The SMILES string of the molecule is CCC1CCC(NCC2Cc3ccccc3S2)CC1. The predicted molar refractivity (Wildman–Crippen MR) is 83.8 cm³/mol. The first-order valence-electron chi connectivity index (χ1n) is 7.83. The number of hydrogen-bond acceptors (Lipinski definition) is 2. The van der Waals surface area contributed by atoms with Crippen LogP contribution in [0.15, 0.2) is 29.2 Å². The Labute approximate surface area is 121 Å². The molecule has 104 valence electrons. The fourth-order valence-electron chi connectivity index (χ4n) is 3.44. The zero-order chi connectivity index (χ0) is 13.1. The Balaban J connectivity index is 1.43. The van der Waals surface area contributed by atoms with E-state index in [9.17, 15) is 0 Å². The van der Waals surface area contributed by atoms with Crippen molar-refractivity contribution in [2.24, 2.45) is 5.92 Å². The minimum absolute atomic E-state index is 0.751. The van der Waals surface area contributed by atoms with Gasteiger partial charge < -0.3 is 5.32 Å². The molecule has 2 aliphatic rings. The third-order valence-electron chi connectivity index (χ3n) is 4.77. The molecule has 1 N–H and O–H groups in total. The molecule has 1 aliphatic carbocycles. The van der Waals surface area contributed by atoms with Crippen LogP contribution < -0.4 is 5.32 Å². The van der Waals surface area contributed by atoms with E-state index < -0.39 is 0 Å². The molecule has 1 nitrogen and oxygen atoms in total. The molecule has 1 heterocycles. The summed E-state index contributed by atoms with van der Waals surface area (Å²) in [7, 11) is 0. The van der Waals surface area contributed by atoms with E-state index in [1.54, 1.807) is 5.56 Å². The second kappa shape index (κ2) is 6.32. The van der Waals surface area contributed by atoms with Gasteiger partial charge in [0.1, 0.15) is 0 Å². The molecular weight excluding hydrogens is 250 g/mol. The Morgan fingerprint density at radius 2 is 1.95 bits per heavy atom. The molecule has 3 rings (SSSR count). The number of hydrogen-bond donors (Lipinski definition) is 1. The molecule has 0 spiro atoms. The van der Waals surface area contributed by atoms with Crippen LogP contribution >= 0.6 is 11.8 Å². The summed E-state index contributed by atoms with van der Waals surface area (Å²) in [4.78, 5) is 1.50. The largest absolute Gasteiger partial charge is 0.313 e. The average Bonchev–Trinajstić information content (AvgIpc) is 2.88. The lowest BCUT2D eigenvalue weighted by atomic mass is 9.84. The van der Waals surface area contributed by atoms with Gasteiger partial charge in [0.2, 0.25) is 0 Å². The zero-order valence-corrected chi connectivity index (χ0v) is 12.7. The van der Waals surface area contributed by atoms with Gasteiger partial charge in [0.25, 0.3) is 0 Å². The van der Waals surface area contributed by atoms with Crippen molar-refractivity contribution in [1.29, 1.82) is 0 Å². The van der Waals surface area contributed by atoms with E-state index in [0.717, 1.165) is 17.2 Å². The van der Waals surface area contributed by atoms with Gasteiger partial charge in [-0.25, -0.2) is 0 Å². The lowest BCUT2D eigenvalue weighted by Gasteiger charge is -2.29. The molecule has 1 saturated carbocycles. The molecule has 1 fully saturated rings. The van der Waals surface area contributed by atoms with Crippen LogP contribution in [-0.2, 0) is 6.42 Å². The van der Waals surface area contributed by atoms with Crippen molar-refractivity contribution >= 4 is 11.8 Å². The molecule has 2 heteroatoms. The van der Waals surface area contributed by atoms with Crippen LogP contribution in [0.1, 0.15) is 44.6 Å². The van der Waals surface area contributed by atoms with Gasteiger partial charge in [-0.15, -0.1) is 11.8 Å². The fraction of sp³-hybridized carbons (Fsp3) is 0.647. The summed E-state index contributed by atoms with van der Waals surface area (Å²) in [5.74, 6) is 1.00. The highest BCUT2D eigenvalue weighted by Crippen LogP contribution is 2.36. The van der Waals surface area contributed by atoms with E-state index in [2.05, 4.69) is 48.3 Å². The molecule has 19 heavy (non-hydrogen) atoms. The number of thioether (sulfide) groups is 1. The maximum Gasteiger partial charge on any atom is 0.0260 e. The summed E-state index contributed by atoms with van der Waals surface area (Å²) in [5.41, 5.74) is 1.55. The van der Waals surface area contributed by atoms with Crippen LogP contribution in [-0.4, -0.2) is 17.8 Å². The van der Waals surface area contributed by atoms with Gasteiger partial charge in [-0.1, -0.05) is 31.5 Å². The molecule has 0 saturated heterocycles. The summed E-state index contributed by atoms with van der Waals surface area (Å²) < 4.78 is 0. The normalized spacial score (nSPS) is 30.3. The van der Waals surface area contributed by atoms with Crippen molar-refractivity contribution in [3.63, 3.8) is 0 Å². The Hall–Kier alpha value is -0.470.